The van der Waals surface area contributed by atoms with Crippen molar-refractivity contribution in [3.63, 3.8) is 0 Å². The van der Waals surface area contributed by atoms with Crippen molar-refractivity contribution < 1.29 is 36.4 Å². The first-order chi connectivity index (χ1) is 13.8. The molecule has 13 nitrogen and oxygen atoms in total. The van der Waals surface area contributed by atoms with Crippen LogP contribution in [0, 0.1) is 0 Å². The molecule has 164 valence electrons. The van der Waals surface area contributed by atoms with Gasteiger partial charge in [-0.3, -0.25) is 19.1 Å². The van der Waals surface area contributed by atoms with Gasteiger partial charge in [-0.15, -0.1) is 4.28 Å². The van der Waals surface area contributed by atoms with Crippen molar-refractivity contribution in [1.82, 2.24) is 25.7 Å². The topological polar surface area (TPSA) is 150 Å². The van der Waals surface area contributed by atoms with Crippen molar-refractivity contribution >= 4 is 22.3 Å². The fraction of sp³-hybridized carbons (Fsp3) is 0.867. The molecule has 2 bridgehead atoms. The SMILES string of the molecule is O=C(NOC[C@@H]1C[C@H](N2CCOC2)CN1)C1CCC2CN1C(=O)N2OS(=O)(=O)O. The summed E-state index contributed by atoms with van der Waals surface area (Å²) in [5, 5.41) is 3.96. The molecule has 4 heterocycles. The van der Waals surface area contributed by atoms with Crippen LogP contribution in [0.15, 0.2) is 0 Å². The molecule has 0 radical (unpaired) electrons. The van der Waals surface area contributed by atoms with Gasteiger partial charge in [0, 0.05) is 31.7 Å². The minimum Gasteiger partial charge on any atom is -0.365 e. The van der Waals surface area contributed by atoms with Gasteiger partial charge in [0.2, 0.25) is 0 Å². The van der Waals surface area contributed by atoms with Gasteiger partial charge < -0.3 is 15.0 Å². The Labute approximate surface area is 168 Å². The number of hydrogen-bond donors (Lipinski definition) is 3. The quantitative estimate of drug-likeness (QED) is 0.304. The maximum atomic E-state index is 12.5. The number of urea groups is 1. The minimum absolute atomic E-state index is 0.101. The average molecular weight is 435 g/mol. The molecule has 4 rings (SSSR count). The Hall–Kier alpha value is -1.55. The van der Waals surface area contributed by atoms with Crippen LogP contribution in [0.2, 0.25) is 0 Å². The summed E-state index contributed by atoms with van der Waals surface area (Å²) in [4.78, 5) is 33.6. The van der Waals surface area contributed by atoms with E-state index in [4.69, 9.17) is 14.1 Å². The van der Waals surface area contributed by atoms with E-state index in [9.17, 15) is 18.0 Å². The van der Waals surface area contributed by atoms with E-state index in [1.165, 1.54) is 4.90 Å². The zero-order valence-electron chi connectivity index (χ0n) is 15.7. The lowest BCUT2D eigenvalue weighted by molar-refractivity contribution is -0.139. The molecule has 3 amide bonds. The first-order valence-electron chi connectivity index (χ1n) is 9.55. The van der Waals surface area contributed by atoms with Crippen LogP contribution in [0.25, 0.3) is 0 Å². The summed E-state index contributed by atoms with van der Waals surface area (Å²) < 4.78 is 40.4. The Bertz CT molecular complexity index is 745. The summed E-state index contributed by atoms with van der Waals surface area (Å²) in [6, 6.07) is -1.63. The van der Waals surface area contributed by atoms with Gasteiger partial charge in [-0.05, 0) is 19.3 Å². The molecular formula is C15H25N5O8S. The number of carbonyl (C=O) groups is 2. The number of rotatable bonds is 7. The highest BCUT2D eigenvalue weighted by molar-refractivity contribution is 7.80. The number of ether oxygens (including phenoxy) is 1. The van der Waals surface area contributed by atoms with Gasteiger partial charge >= 0.3 is 16.4 Å². The maximum Gasteiger partial charge on any atom is 0.418 e. The lowest BCUT2D eigenvalue weighted by Crippen LogP contribution is -2.50. The smallest absolute Gasteiger partial charge is 0.365 e. The Morgan fingerprint density at radius 3 is 2.90 bits per heavy atom. The summed E-state index contributed by atoms with van der Waals surface area (Å²) in [5.41, 5.74) is 2.39. The van der Waals surface area contributed by atoms with Crippen LogP contribution in [0.3, 0.4) is 0 Å². The molecule has 0 aromatic carbocycles. The van der Waals surface area contributed by atoms with Crippen molar-refractivity contribution in [3.8, 4) is 0 Å². The molecule has 0 saturated carbocycles. The van der Waals surface area contributed by atoms with E-state index in [0.717, 1.165) is 26.1 Å². The molecule has 4 fully saturated rings. The molecule has 4 atom stereocenters. The number of nitrogens with zero attached hydrogens (tertiary/aromatic N) is 3. The van der Waals surface area contributed by atoms with Gasteiger partial charge in [-0.25, -0.2) is 10.3 Å². The molecule has 4 saturated heterocycles. The predicted molar refractivity (Wildman–Crippen MR) is 95.2 cm³/mol. The number of fused-ring (bicyclic) bond motifs is 2. The van der Waals surface area contributed by atoms with Crippen molar-refractivity contribution in [1.29, 1.82) is 0 Å². The second-order valence-electron chi connectivity index (χ2n) is 7.63. The first-order valence-corrected chi connectivity index (χ1v) is 10.9. The summed E-state index contributed by atoms with van der Waals surface area (Å²) >= 11 is 0. The number of amides is 3. The lowest BCUT2D eigenvalue weighted by atomic mass is 10.0. The van der Waals surface area contributed by atoms with Crippen molar-refractivity contribution in [3.05, 3.63) is 0 Å². The summed E-state index contributed by atoms with van der Waals surface area (Å²) in [6.45, 7) is 3.57. The fourth-order valence-electron chi connectivity index (χ4n) is 4.30. The van der Waals surface area contributed by atoms with Crippen LogP contribution in [-0.2, 0) is 29.1 Å². The Morgan fingerprint density at radius 1 is 1.34 bits per heavy atom. The van der Waals surface area contributed by atoms with Crippen molar-refractivity contribution in [2.75, 3.05) is 39.6 Å². The maximum absolute atomic E-state index is 12.5. The van der Waals surface area contributed by atoms with Gasteiger partial charge in [0.25, 0.3) is 5.91 Å². The third-order valence-corrected chi connectivity index (χ3v) is 6.10. The zero-order valence-corrected chi connectivity index (χ0v) is 16.5. The Balaban J connectivity index is 1.23. The zero-order chi connectivity index (χ0) is 20.6. The van der Waals surface area contributed by atoms with E-state index in [-0.39, 0.29) is 19.2 Å². The van der Waals surface area contributed by atoms with Crippen LogP contribution in [0.1, 0.15) is 19.3 Å². The van der Waals surface area contributed by atoms with Gasteiger partial charge in [0.1, 0.15) is 6.04 Å². The van der Waals surface area contributed by atoms with Crippen LogP contribution in [0.4, 0.5) is 4.79 Å². The number of hydroxylamine groups is 3. The third kappa shape index (κ3) is 4.63. The molecule has 0 aromatic rings. The lowest BCUT2D eigenvalue weighted by Gasteiger charge is -2.29. The number of hydrogen-bond acceptors (Lipinski definition) is 9. The molecule has 14 heteroatoms. The second-order valence-corrected chi connectivity index (χ2v) is 8.64. The van der Waals surface area contributed by atoms with Gasteiger partial charge in [-0.2, -0.15) is 13.5 Å². The Kier molecular flexibility index (Phi) is 5.92. The second kappa shape index (κ2) is 8.29. The van der Waals surface area contributed by atoms with Crippen LogP contribution in [-0.4, -0.2) is 104 Å². The largest absolute Gasteiger partial charge is 0.418 e. The standard InChI is InChI=1S/C15H25N5O8S/c21-14(17-27-8-10-5-12(6-16-10)18-3-4-26-9-18)13-2-1-11-7-19(13)15(22)20(11)28-29(23,24)25/h10-13,16H,1-9H2,(H,17,21)(H,23,24,25)/t10-,11?,12-,13?/m0/s1. The molecule has 4 aliphatic heterocycles. The van der Waals surface area contributed by atoms with E-state index < -0.39 is 34.4 Å². The number of nitrogens with one attached hydrogen (secondary N) is 2. The van der Waals surface area contributed by atoms with Crippen molar-refractivity contribution in [2.24, 2.45) is 0 Å². The third-order valence-electron chi connectivity index (χ3n) is 5.75. The highest BCUT2D eigenvalue weighted by atomic mass is 32.3. The highest BCUT2D eigenvalue weighted by Gasteiger charge is 2.49. The molecule has 4 aliphatic rings. The summed E-state index contributed by atoms with van der Waals surface area (Å²) in [5.74, 6) is -0.479. The highest BCUT2D eigenvalue weighted by Crippen LogP contribution is 2.30. The van der Waals surface area contributed by atoms with Crippen LogP contribution in [0.5, 0.6) is 0 Å². The van der Waals surface area contributed by atoms with E-state index >= 15 is 0 Å². The molecule has 3 N–H and O–H groups in total. The molecule has 0 spiro atoms. The van der Waals surface area contributed by atoms with Gasteiger partial charge in [0.05, 0.1) is 26.0 Å². The van der Waals surface area contributed by atoms with E-state index in [1.54, 1.807) is 0 Å². The number of piperidine rings is 1. The molecule has 29 heavy (non-hydrogen) atoms. The summed E-state index contributed by atoms with van der Waals surface area (Å²) in [7, 11) is -4.82. The van der Waals surface area contributed by atoms with E-state index in [1.807, 2.05) is 0 Å². The van der Waals surface area contributed by atoms with Crippen LogP contribution >= 0.6 is 0 Å². The number of carbonyl (C=O) groups excluding carboxylic acids is 2. The Morgan fingerprint density at radius 2 is 2.17 bits per heavy atom. The van der Waals surface area contributed by atoms with Crippen LogP contribution < -0.4 is 10.8 Å². The van der Waals surface area contributed by atoms with Gasteiger partial charge in [-0.1, -0.05) is 0 Å². The summed E-state index contributed by atoms with van der Waals surface area (Å²) in [6.07, 6.45) is 1.58. The van der Waals surface area contributed by atoms with E-state index in [0.29, 0.717) is 30.7 Å². The van der Waals surface area contributed by atoms with Crippen molar-refractivity contribution in [2.45, 2.75) is 43.4 Å². The first kappa shape index (κ1) is 20.7. The van der Waals surface area contributed by atoms with E-state index in [2.05, 4.69) is 20.0 Å². The normalized spacial score (nSPS) is 32.9. The predicted octanol–water partition coefficient (Wildman–Crippen LogP) is -1.94. The monoisotopic (exact) mass is 435 g/mol. The average Bonchev–Trinajstić information content (AvgIpc) is 3.39. The molecular weight excluding hydrogens is 410 g/mol. The van der Waals surface area contributed by atoms with Gasteiger partial charge in [0.15, 0.2) is 0 Å². The minimum atomic E-state index is -4.82. The molecule has 0 aliphatic carbocycles. The fourth-order valence-corrected chi connectivity index (χ4v) is 4.69. The molecule has 0 aromatic heterocycles. The molecule has 2 unspecified atom stereocenters.